The van der Waals surface area contributed by atoms with Gasteiger partial charge in [-0.05, 0) is 26.0 Å². The van der Waals surface area contributed by atoms with E-state index in [9.17, 15) is 0 Å². The normalized spacial score (nSPS) is 25.8. The first-order chi connectivity index (χ1) is 9.28. The first-order valence-electron chi connectivity index (χ1n) is 7.06. The van der Waals surface area contributed by atoms with Crippen LogP contribution in [0.25, 0.3) is 0 Å². The molecule has 0 saturated carbocycles. The second kappa shape index (κ2) is 5.39. The quantitative estimate of drug-likeness (QED) is 0.906. The zero-order valence-electron chi connectivity index (χ0n) is 11.6. The lowest BCUT2D eigenvalue weighted by atomic mass is 10.0. The lowest BCUT2D eigenvalue weighted by Gasteiger charge is -2.26. The summed E-state index contributed by atoms with van der Waals surface area (Å²) in [5, 5.41) is 3.36. The van der Waals surface area contributed by atoms with Gasteiger partial charge in [0.05, 0.1) is 19.3 Å². The van der Waals surface area contributed by atoms with Gasteiger partial charge in [0.2, 0.25) is 0 Å². The van der Waals surface area contributed by atoms with E-state index in [2.05, 4.69) is 24.4 Å². The van der Waals surface area contributed by atoms with Crippen molar-refractivity contribution < 1.29 is 14.2 Å². The van der Waals surface area contributed by atoms with Gasteiger partial charge < -0.3 is 19.5 Å². The van der Waals surface area contributed by atoms with Crippen LogP contribution in [0.1, 0.15) is 31.1 Å². The van der Waals surface area contributed by atoms with E-state index in [1.165, 1.54) is 5.56 Å². The number of morpholine rings is 1. The number of benzene rings is 1. The molecule has 1 fully saturated rings. The van der Waals surface area contributed by atoms with Crippen molar-refractivity contribution in [1.82, 2.24) is 5.32 Å². The molecule has 0 aliphatic carbocycles. The number of hydrogen-bond donors (Lipinski definition) is 1. The highest BCUT2D eigenvalue weighted by Gasteiger charge is 2.26. The fraction of sp³-hybridized carbons (Fsp3) is 0.600. The van der Waals surface area contributed by atoms with Crippen molar-refractivity contribution >= 4 is 0 Å². The molecular formula is C15H21NO3. The molecule has 0 aromatic heterocycles. The molecule has 3 rings (SSSR count). The molecule has 2 atom stereocenters. The second-order valence-electron chi connectivity index (χ2n) is 5.13. The summed E-state index contributed by atoms with van der Waals surface area (Å²) < 4.78 is 17.5. The van der Waals surface area contributed by atoms with Gasteiger partial charge in [-0.1, -0.05) is 0 Å². The Morgan fingerprint density at radius 3 is 3.05 bits per heavy atom. The number of ether oxygens (including phenoxy) is 3. The first-order valence-corrected chi connectivity index (χ1v) is 7.06. The summed E-state index contributed by atoms with van der Waals surface area (Å²) in [6.07, 6.45) is 1.27. The zero-order chi connectivity index (χ0) is 13.2. The molecule has 0 spiro atoms. The number of nitrogens with one attached hydrogen (secondary N) is 1. The van der Waals surface area contributed by atoms with E-state index in [0.717, 1.165) is 43.2 Å². The van der Waals surface area contributed by atoms with Gasteiger partial charge in [-0.2, -0.15) is 0 Å². The molecule has 1 saturated heterocycles. The Hall–Kier alpha value is -1.26. The van der Waals surface area contributed by atoms with E-state index >= 15 is 0 Å². The highest BCUT2D eigenvalue weighted by atomic mass is 16.5. The highest BCUT2D eigenvalue weighted by molar-refractivity contribution is 5.49. The minimum absolute atomic E-state index is 0.0557. The summed E-state index contributed by atoms with van der Waals surface area (Å²) in [5.41, 5.74) is 2.34. The summed E-state index contributed by atoms with van der Waals surface area (Å²) in [6, 6.07) is 4.22. The molecule has 2 heterocycles. The second-order valence-corrected chi connectivity index (χ2v) is 5.13. The molecule has 1 aromatic rings. The molecule has 19 heavy (non-hydrogen) atoms. The molecule has 0 bridgehead atoms. The van der Waals surface area contributed by atoms with Gasteiger partial charge in [-0.25, -0.2) is 0 Å². The summed E-state index contributed by atoms with van der Waals surface area (Å²) in [5.74, 6) is 1.92. The maximum absolute atomic E-state index is 5.84. The molecule has 1 aromatic carbocycles. The molecular weight excluding hydrogens is 242 g/mol. The molecule has 2 unspecified atom stereocenters. The van der Waals surface area contributed by atoms with Crippen LogP contribution in [0.5, 0.6) is 11.5 Å². The average molecular weight is 263 g/mol. The average Bonchev–Trinajstić information content (AvgIpc) is 2.78. The predicted octanol–water partition coefficient (Wildman–Crippen LogP) is 2.07. The topological polar surface area (TPSA) is 39.7 Å². The molecule has 4 heteroatoms. The van der Waals surface area contributed by atoms with Crippen LogP contribution in [0, 0.1) is 0 Å². The molecule has 104 valence electrons. The van der Waals surface area contributed by atoms with Crippen molar-refractivity contribution in [3.05, 3.63) is 23.3 Å². The monoisotopic (exact) mass is 263 g/mol. The summed E-state index contributed by atoms with van der Waals surface area (Å²) in [4.78, 5) is 0. The minimum Gasteiger partial charge on any atom is -0.493 e. The van der Waals surface area contributed by atoms with E-state index in [0.29, 0.717) is 6.61 Å². The molecule has 0 radical (unpaired) electrons. The lowest BCUT2D eigenvalue weighted by molar-refractivity contribution is 0.0258. The van der Waals surface area contributed by atoms with Gasteiger partial charge in [-0.15, -0.1) is 0 Å². The largest absolute Gasteiger partial charge is 0.493 e. The van der Waals surface area contributed by atoms with Crippen molar-refractivity contribution in [3.63, 3.8) is 0 Å². The van der Waals surface area contributed by atoms with Gasteiger partial charge in [0, 0.05) is 30.6 Å². The van der Waals surface area contributed by atoms with E-state index in [1.807, 2.05) is 6.92 Å². The van der Waals surface area contributed by atoms with E-state index < -0.39 is 0 Å². The fourth-order valence-electron chi connectivity index (χ4n) is 2.75. The number of fused-ring (bicyclic) bond motifs is 1. The third-order valence-electron chi connectivity index (χ3n) is 3.60. The van der Waals surface area contributed by atoms with Crippen LogP contribution in [-0.2, 0) is 11.2 Å². The third kappa shape index (κ3) is 2.55. The molecule has 0 amide bonds. The van der Waals surface area contributed by atoms with Gasteiger partial charge >= 0.3 is 0 Å². The Labute approximate surface area is 114 Å². The minimum atomic E-state index is 0.0557. The Bertz CT molecular complexity index is 455. The zero-order valence-corrected chi connectivity index (χ0v) is 11.6. The van der Waals surface area contributed by atoms with E-state index in [4.69, 9.17) is 14.2 Å². The molecule has 2 aliphatic heterocycles. The predicted molar refractivity (Wildman–Crippen MR) is 73.0 cm³/mol. The van der Waals surface area contributed by atoms with Crippen molar-refractivity contribution in [2.24, 2.45) is 0 Å². The Balaban J connectivity index is 1.94. The van der Waals surface area contributed by atoms with E-state index in [-0.39, 0.29) is 12.2 Å². The van der Waals surface area contributed by atoms with Gasteiger partial charge in [-0.3, -0.25) is 0 Å². The van der Waals surface area contributed by atoms with Crippen LogP contribution in [0.4, 0.5) is 0 Å². The van der Waals surface area contributed by atoms with Crippen molar-refractivity contribution in [2.45, 2.75) is 32.5 Å². The lowest BCUT2D eigenvalue weighted by Crippen LogP contribution is -2.33. The SMILES string of the molecule is CCOc1cc2c(cc1C1CNCCO1)OC(C)C2. The maximum atomic E-state index is 5.84. The van der Waals surface area contributed by atoms with Crippen LogP contribution in [0.3, 0.4) is 0 Å². The van der Waals surface area contributed by atoms with Crippen LogP contribution in [0.2, 0.25) is 0 Å². The van der Waals surface area contributed by atoms with Crippen molar-refractivity contribution in [3.8, 4) is 11.5 Å². The van der Waals surface area contributed by atoms with Gasteiger partial charge in [0.1, 0.15) is 17.6 Å². The van der Waals surface area contributed by atoms with Crippen LogP contribution in [0.15, 0.2) is 12.1 Å². The summed E-state index contributed by atoms with van der Waals surface area (Å²) in [7, 11) is 0. The Kier molecular flexibility index (Phi) is 3.62. The third-order valence-corrected chi connectivity index (χ3v) is 3.60. The summed E-state index contributed by atoms with van der Waals surface area (Å²) in [6.45, 7) is 7.26. The Morgan fingerprint density at radius 2 is 2.32 bits per heavy atom. The van der Waals surface area contributed by atoms with Gasteiger partial charge in [0.25, 0.3) is 0 Å². The van der Waals surface area contributed by atoms with E-state index in [1.54, 1.807) is 0 Å². The number of rotatable bonds is 3. The summed E-state index contributed by atoms with van der Waals surface area (Å²) >= 11 is 0. The Morgan fingerprint density at radius 1 is 1.42 bits per heavy atom. The number of hydrogen-bond acceptors (Lipinski definition) is 4. The fourth-order valence-corrected chi connectivity index (χ4v) is 2.75. The molecule has 2 aliphatic rings. The molecule has 1 N–H and O–H groups in total. The first kappa shape index (κ1) is 12.8. The maximum Gasteiger partial charge on any atom is 0.125 e. The van der Waals surface area contributed by atoms with Crippen LogP contribution in [-0.4, -0.2) is 32.4 Å². The molecule has 4 nitrogen and oxygen atoms in total. The standard InChI is InChI=1S/C15H21NO3/c1-3-17-14-7-11-6-10(2)19-13(11)8-12(14)15-9-16-4-5-18-15/h7-8,10,15-16H,3-6,9H2,1-2H3. The van der Waals surface area contributed by atoms with Crippen molar-refractivity contribution in [2.75, 3.05) is 26.3 Å². The van der Waals surface area contributed by atoms with Crippen LogP contribution < -0.4 is 14.8 Å². The van der Waals surface area contributed by atoms with Crippen LogP contribution >= 0.6 is 0 Å². The smallest absolute Gasteiger partial charge is 0.125 e. The highest BCUT2D eigenvalue weighted by Crippen LogP contribution is 2.38. The van der Waals surface area contributed by atoms with Gasteiger partial charge in [0.15, 0.2) is 0 Å². The van der Waals surface area contributed by atoms with Crippen molar-refractivity contribution in [1.29, 1.82) is 0 Å².